The second kappa shape index (κ2) is 6.24. The zero-order valence-electron chi connectivity index (χ0n) is 10.8. The highest BCUT2D eigenvalue weighted by atomic mass is 19.4. The van der Waals surface area contributed by atoms with E-state index < -0.39 is 12.7 Å². The van der Waals surface area contributed by atoms with Crippen LogP contribution in [0.3, 0.4) is 0 Å². The van der Waals surface area contributed by atoms with Crippen LogP contribution in [0.2, 0.25) is 0 Å². The first-order chi connectivity index (χ1) is 8.26. The van der Waals surface area contributed by atoms with Crippen molar-refractivity contribution in [3.63, 3.8) is 0 Å². The summed E-state index contributed by atoms with van der Waals surface area (Å²) in [6, 6.07) is 2.14. The summed E-state index contributed by atoms with van der Waals surface area (Å²) in [6.07, 6.45) is -2.60. The monoisotopic (exact) mass is 264 g/mol. The van der Waals surface area contributed by atoms with Gasteiger partial charge in [-0.2, -0.15) is 13.2 Å². The van der Waals surface area contributed by atoms with Crippen LogP contribution in [0.5, 0.6) is 0 Å². The molecule has 6 heteroatoms. The average molecular weight is 264 g/mol. The third-order valence-corrected chi connectivity index (χ3v) is 2.30. The van der Waals surface area contributed by atoms with Gasteiger partial charge in [0.05, 0.1) is 19.4 Å². The van der Waals surface area contributed by atoms with Gasteiger partial charge >= 0.3 is 6.18 Å². The van der Waals surface area contributed by atoms with Gasteiger partial charge in [0.1, 0.15) is 5.76 Å². The molecule has 0 aromatic carbocycles. The first kappa shape index (κ1) is 15.0. The Bertz CT molecular complexity index is 360. The Balaban J connectivity index is 2.43. The quantitative estimate of drug-likeness (QED) is 0.856. The summed E-state index contributed by atoms with van der Waals surface area (Å²) in [6.45, 7) is 3.93. The van der Waals surface area contributed by atoms with E-state index in [1.807, 2.05) is 13.8 Å². The molecule has 0 aliphatic heterocycles. The first-order valence-corrected chi connectivity index (χ1v) is 5.81. The van der Waals surface area contributed by atoms with E-state index >= 15 is 0 Å². The average Bonchev–Trinajstić information content (AvgIpc) is 2.59. The topological polar surface area (TPSA) is 28.4 Å². The fourth-order valence-electron chi connectivity index (χ4n) is 1.55. The predicted molar refractivity (Wildman–Crippen MR) is 63.1 cm³/mol. The molecular formula is C12H19F3N2O. The number of halogens is 3. The maximum Gasteiger partial charge on any atom is 0.401 e. The van der Waals surface area contributed by atoms with Gasteiger partial charge in [0, 0.05) is 18.2 Å². The number of hydrogen-bond acceptors (Lipinski definition) is 3. The Kier molecular flexibility index (Phi) is 5.22. The molecular weight excluding hydrogens is 245 g/mol. The molecule has 0 saturated heterocycles. The number of nitrogens with one attached hydrogen (secondary N) is 1. The summed E-state index contributed by atoms with van der Waals surface area (Å²) >= 11 is 0. The van der Waals surface area contributed by atoms with Crippen molar-refractivity contribution in [2.45, 2.75) is 39.2 Å². The van der Waals surface area contributed by atoms with Crippen molar-refractivity contribution in [1.82, 2.24) is 10.2 Å². The van der Waals surface area contributed by atoms with Gasteiger partial charge in [0.15, 0.2) is 0 Å². The standard InChI is InChI=1S/C12H19F3N2O/c1-9(2)16-5-10-4-11(18-7-10)6-17(3)8-12(13,14)15/h4,7,9,16H,5-6,8H2,1-3H3. The maximum absolute atomic E-state index is 12.1. The van der Waals surface area contributed by atoms with Gasteiger partial charge < -0.3 is 9.73 Å². The summed E-state index contributed by atoms with van der Waals surface area (Å²) < 4.78 is 41.7. The third-order valence-electron chi connectivity index (χ3n) is 2.30. The minimum absolute atomic E-state index is 0.154. The molecule has 0 aliphatic carbocycles. The van der Waals surface area contributed by atoms with E-state index in [1.165, 1.54) is 11.9 Å². The predicted octanol–water partition coefficient (Wildman–Crippen LogP) is 2.77. The Hall–Kier alpha value is -1.01. The van der Waals surface area contributed by atoms with Crippen molar-refractivity contribution in [1.29, 1.82) is 0 Å². The van der Waals surface area contributed by atoms with Crippen LogP contribution in [-0.4, -0.2) is 30.7 Å². The molecule has 0 spiro atoms. The normalized spacial score (nSPS) is 12.7. The van der Waals surface area contributed by atoms with E-state index in [9.17, 15) is 13.2 Å². The Morgan fingerprint density at radius 3 is 2.61 bits per heavy atom. The zero-order chi connectivity index (χ0) is 13.8. The van der Waals surface area contributed by atoms with Crippen LogP contribution in [-0.2, 0) is 13.1 Å². The minimum atomic E-state index is -4.18. The molecule has 0 unspecified atom stereocenters. The highest BCUT2D eigenvalue weighted by molar-refractivity contribution is 5.12. The number of nitrogens with zero attached hydrogens (tertiary/aromatic N) is 1. The zero-order valence-corrected chi connectivity index (χ0v) is 10.8. The van der Waals surface area contributed by atoms with Gasteiger partial charge in [-0.3, -0.25) is 4.90 Å². The fraction of sp³-hybridized carbons (Fsp3) is 0.667. The minimum Gasteiger partial charge on any atom is -0.468 e. The van der Waals surface area contributed by atoms with Gasteiger partial charge in [-0.05, 0) is 13.1 Å². The third kappa shape index (κ3) is 6.07. The molecule has 0 radical (unpaired) electrons. The molecule has 0 amide bonds. The molecule has 1 aromatic rings. The summed E-state index contributed by atoms with van der Waals surface area (Å²) in [4.78, 5) is 1.18. The lowest BCUT2D eigenvalue weighted by Crippen LogP contribution is -2.30. The van der Waals surface area contributed by atoms with Crippen LogP contribution in [0, 0.1) is 0 Å². The number of furan rings is 1. The van der Waals surface area contributed by atoms with Crippen molar-refractivity contribution in [3.8, 4) is 0 Å². The first-order valence-electron chi connectivity index (χ1n) is 5.81. The molecule has 0 atom stereocenters. The molecule has 1 heterocycles. The summed E-state index contributed by atoms with van der Waals surface area (Å²) in [7, 11) is 1.42. The lowest BCUT2D eigenvalue weighted by molar-refractivity contribution is -0.144. The van der Waals surface area contributed by atoms with Crippen LogP contribution >= 0.6 is 0 Å². The van der Waals surface area contributed by atoms with Crippen molar-refractivity contribution in [2.24, 2.45) is 0 Å². The Morgan fingerprint density at radius 2 is 2.06 bits per heavy atom. The van der Waals surface area contributed by atoms with Gasteiger partial charge in [0.2, 0.25) is 0 Å². The van der Waals surface area contributed by atoms with Gasteiger partial charge in [-0.15, -0.1) is 0 Å². The van der Waals surface area contributed by atoms with E-state index in [2.05, 4.69) is 5.32 Å². The van der Waals surface area contributed by atoms with Crippen LogP contribution in [0.4, 0.5) is 13.2 Å². The highest BCUT2D eigenvalue weighted by Crippen LogP contribution is 2.17. The highest BCUT2D eigenvalue weighted by Gasteiger charge is 2.29. The molecule has 104 valence electrons. The van der Waals surface area contributed by atoms with Crippen LogP contribution in [0.1, 0.15) is 25.2 Å². The van der Waals surface area contributed by atoms with Crippen LogP contribution in [0.15, 0.2) is 16.7 Å². The van der Waals surface area contributed by atoms with Gasteiger partial charge in [-0.25, -0.2) is 0 Å². The summed E-state index contributed by atoms with van der Waals surface area (Å²) in [5.41, 5.74) is 0.944. The molecule has 1 rings (SSSR count). The van der Waals surface area contributed by atoms with Crippen molar-refractivity contribution < 1.29 is 17.6 Å². The van der Waals surface area contributed by atoms with Gasteiger partial charge in [0.25, 0.3) is 0 Å². The van der Waals surface area contributed by atoms with E-state index in [4.69, 9.17) is 4.42 Å². The molecule has 18 heavy (non-hydrogen) atoms. The van der Waals surface area contributed by atoms with E-state index in [0.29, 0.717) is 18.3 Å². The van der Waals surface area contributed by atoms with Crippen molar-refractivity contribution >= 4 is 0 Å². The second-order valence-corrected chi connectivity index (χ2v) is 4.74. The van der Waals surface area contributed by atoms with Crippen molar-refractivity contribution in [2.75, 3.05) is 13.6 Å². The molecule has 0 fully saturated rings. The number of rotatable bonds is 6. The lowest BCUT2D eigenvalue weighted by Gasteiger charge is -2.16. The second-order valence-electron chi connectivity index (χ2n) is 4.74. The molecule has 1 aromatic heterocycles. The number of hydrogen-bond donors (Lipinski definition) is 1. The molecule has 0 bridgehead atoms. The summed E-state index contributed by atoms with van der Waals surface area (Å²) in [5, 5.41) is 3.21. The van der Waals surface area contributed by atoms with E-state index in [1.54, 1.807) is 12.3 Å². The molecule has 0 saturated carbocycles. The smallest absolute Gasteiger partial charge is 0.401 e. The van der Waals surface area contributed by atoms with E-state index in [-0.39, 0.29) is 6.54 Å². The van der Waals surface area contributed by atoms with Crippen LogP contribution < -0.4 is 5.32 Å². The molecule has 0 aliphatic rings. The maximum atomic E-state index is 12.1. The number of alkyl halides is 3. The Morgan fingerprint density at radius 1 is 1.39 bits per heavy atom. The fourth-order valence-corrected chi connectivity index (χ4v) is 1.55. The molecule has 3 nitrogen and oxygen atoms in total. The van der Waals surface area contributed by atoms with E-state index in [0.717, 1.165) is 5.56 Å². The van der Waals surface area contributed by atoms with Crippen molar-refractivity contribution in [3.05, 3.63) is 23.7 Å². The summed E-state index contributed by atoms with van der Waals surface area (Å²) in [5.74, 6) is 0.544. The SMILES string of the molecule is CC(C)NCc1coc(CN(C)CC(F)(F)F)c1. The molecule has 1 N–H and O–H groups in total. The Labute approximate surface area is 105 Å². The largest absolute Gasteiger partial charge is 0.468 e. The lowest BCUT2D eigenvalue weighted by atomic mass is 10.3. The van der Waals surface area contributed by atoms with Crippen LogP contribution in [0.25, 0.3) is 0 Å². The van der Waals surface area contributed by atoms with Gasteiger partial charge in [-0.1, -0.05) is 13.8 Å².